The minimum Gasteiger partial charge on any atom is -0.316 e. The van der Waals surface area contributed by atoms with Gasteiger partial charge in [0, 0.05) is 17.5 Å². The van der Waals surface area contributed by atoms with Crippen LogP contribution in [0.5, 0.6) is 0 Å². The summed E-state index contributed by atoms with van der Waals surface area (Å²) in [5.41, 5.74) is 0.929. The zero-order chi connectivity index (χ0) is 9.97. The molecule has 1 aromatic heterocycles. The first kappa shape index (κ1) is 10.2. The van der Waals surface area contributed by atoms with E-state index in [4.69, 9.17) is 11.6 Å². The number of aromatic nitrogens is 2. The third kappa shape index (κ3) is 2.59. The molecule has 0 amide bonds. The molecule has 2 heterocycles. The van der Waals surface area contributed by atoms with Gasteiger partial charge >= 0.3 is 0 Å². The van der Waals surface area contributed by atoms with Gasteiger partial charge in [-0.2, -0.15) is 0 Å². The van der Waals surface area contributed by atoms with Crippen LogP contribution >= 0.6 is 23.4 Å². The quantitative estimate of drug-likeness (QED) is 0.621. The number of halogens is 1. The van der Waals surface area contributed by atoms with Crippen molar-refractivity contribution in [3.05, 3.63) is 16.9 Å². The summed E-state index contributed by atoms with van der Waals surface area (Å²) >= 11 is 7.57. The summed E-state index contributed by atoms with van der Waals surface area (Å²) < 4.78 is 0. The van der Waals surface area contributed by atoms with Gasteiger partial charge in [0.2, 0.25) is 0 Å². The summed E-state index contributed by atoms with van der Waals surface area (Å²) in [6, 6.07) is 1.78. The number of hydrogen-bond donors (Lipinski definition) is 1. The van der Waals surface area contributed by atoms with Gasteiger partial charge in [-0.05, 0) is 26.0 Å². The molecule has 5 heteroatoms. The zero-order valence-corrected chi connectivity index (χ0v) is 9.53. The molecule has 1 atom stereocenters. The van der Waals surface area contributed by atoms with Crippen molar-refractivity contribution in [1.29, 1.82) is 0 Å². The first-order valence-corrected chi connectivity index (χ1v) is 5.88. The molecule has 0 saturated carbocycles. The fraction of sp³-hybridized carbons (Fsp3) is 0.556. The molecule has 0 spiro atoms. The van der Waals surface area contributed by atoms with Gasteiger partial charge in [-0.1, -0.05) is 23.4 Å². The predicted molar refractivity (Wildman–Crippen MR) is 58.9 cm³/mol. The Morgan fingerprint density at radius 2 is 2.43 bits per heavy atom. The highest BCUT2D eigenvalue weighted by Gasteiger charge is 2.17. The fourth-order valence-corrected chi connectivity index (χ4v) is 2.81. The number of aryl methyl sites for hydroxylation is 1. The van der Waals surface area contributed by atoms with Crippen molar-refractivity contribution in [2.45, 2.75) is 23.8 Å². The lowest BCUT2D eigenvalue weighted by Crippen LogP contribution is -2.10. The van der Waals surface area contributed by atoms with Crippen LogP contribution < -0.4 is 5.32 Å². The lowest BCUT2D eigenvalue weighted by Gasteiger charge is -2.06. The van der Waals surface area contributed by atoms with E-state index in [0.717, 1.165) is 23.9 Å². The molecule has 3 nitrogen and oxygen atoms in total. The van der Waals surface area contributed by atoms with Crippen LogP contribution in [-0.2, 0) is 0 Å². The summed E-state index contributed by atoms with van der Waals surface area (Å²) in [6.45, 7) is 4.07. The minimum absolute atomic E-state index is 0.533. The maximum Gasteiger partial charge on any atom is 0.189 e. The van der Waals surface area contributed by atoms with Crippen molar-refractivity contribution in [2.75, 3.05) is 13.1 Å². The van der Waals surface area contributed by atoms with Crippen LogP contribution in [0.25, 0.3) is 0 Å². The molecule has 0 radical (unpaired) electrons. The smallest absolute Gasteiger partial charge is 0.189 e. The van der Waals surface area contributed by atoms with E-state index in [0.29, 0.717) is 10.4 Å². The largest absolute Gasteiger partial charge is 0.316 e. The Balaban J connectivity index is 2.07. The molecule has 1 fully saturated rings. The average Bonchev–Trinajstić information content (AvgIpc) is 2.54. The number of rotatable bonds is 2. The SMILES string of the molecule is Cc1cc(Cl)nc(SC2CCNC2)n1. The number of nitrogens with one attached hydrogen (secondary N) is 1. The molecule has 0 bridgehead atoms. The van der Waals surface area contributed by atoms with Gasteiger partial charge in [0.25, 0.3) is 0 Å². The Morgan fingerprint density at radius 3 is 3.07 bits per heavy atom. The Morgan fingerprint density at radius 1 is 1.57 bits per heavy atom. The van der Waals surface area contributed by atoms with Crippen molar-refractivity contribution in [3.8, 4) is 0 Å². The molecule has 1 saturated heterocycles. The highest BCUT2D eigenvalue weighted by Crippen LogP contribution is 2.24. The molecule has 14 heavy (non-hydrogen) atoms. The van der Waals surface area contributed by atoms with E-state index in [2.05, 4.69) is 15.3 Å². The summed E-state index contributed by atoms with van der Waals surface area (Å²) in [7, 11) is 0. The van der Waals surface area contributed by atoms with Gasteiger partial charge in [-0.3, -0.25) is 0 Å². The number of thioether (sulfide) groups is 1. The van der Waals surface area contributed by atoms with E-state index in [-0.39, 0.29) is 0 Å². The van der Waals surface area contributed by atoms with Gasteiger partial charge in [0.1, 0.15) is 5.15 Å². The van der Waals surface area contributed by atoms with Crippen molar-refractivity contribution in [1.82, 2.24) is 15.3 Å². The van der Waals surface area contributed by atoms with Crippen LogP contribution in [0, 0.1) is 6.92 Å². The van der Waals surface area contributed by atoms with Gasteiger partial charge in [0.15, 0.2) is 5.16 Å². The molecular weight excluding hydrogens is 218 g/mol. The molecule has 76 valence electrons. The maximum absolute atomic E-state index is 5.86. The van der Waals surface area contributed by atoms with Gasteiger partial charge in [-0.25, -0.2) is 9.97 Å². The van der Waals surface area contributed by atoms with E-state index in [1.807, 2.05) is 6.92 Å². The van der Waals surface area contributed by atoms with E-state index in [9.17, 15) is 0 Å². The molecular formula is C9H12ClN3S. The third-order valence-corrected chi connectivity index (χ3v) is 3.41. The fourth-order valence-electron chi connectivity index (χ4n) is 1.43. The van der Waals surface area contributed by atoms with Gasteiger partial charge < -0.3 is 5.32 Å². The van der Waals surface area contributed by atoms with Crippen LogP contribution in [0.4, 0.5) is 0 Å². The Hall–Kier alpha value is -0.320. The number of nitrogens with zero attached hydrogens (tertiary/aromatic N) is 2. The second kappa shape index (κ2) is 4.47. The Kier molecular flexibility index (Phi) is 3.26. The van der Waals surface area contributed by atoms with Crippen molar-refractivity contribution in [3.63, 3.8) is 0 Å². The lowest BCUT2D eigenvalue weighted by atomic mass is 10.4. The van der Waals surface area contributed by atoms with Crippen molar-refractivity contribution < 1.29 is 0 Å². The second-order valence-electron chi connectivity index (χ2n) is 3.35. The summed E-state index contributed by atoms with van der Waals surface area (Å²) in [6.07, 6.45) is 1.18. The van der Waals surface area contributed by atoms with E-state index in [1.165, 1.54) is 6.42 Å². The molecule has 1 aliphatic heterocycles. The van der Waals surface area contributed by atoms with E-state index < -0.39 is 0 Å². The molecule has 2 rings (SSSR count). The normalized spacial score (nSPS) is 21.4. The summed E-state index contributed by atoms with van der Waals surface area (Å²) in [5, 5.41) is 5.23. The first-order valence-electron chi connectivity index (χ1n) is 4.62. The van der Waals surface area contributed by atoms with Crippen LogP contribution in [0.3, 0.4) is 0 Å². The highest BCUT2D eigenvalue weighted by atomic mass is 35.5. The third-order valence-electron chi connectivity index (χ3n) is 2.09. The Bertz CT molecular complexity index is 306. The van der Waals surface area contributed by atoms with Crippen molar-refractivity contribution in [2.24, 2.45) is 0 Å². The monoisotopic (exact) mass is 229 g/mol. The summed E-state index contributed by atoms with van der Waals surface area (Å²) in [5.74, 6) is 0. The van der Waals surface area contributed by atoms with E-state index in [1.54, 1.807) is 17.8 Å². The average molecular weight is 230 g/mol. The maximum atomic E-state index is 5.86. The minimum atomic E-state index is 0.533. The number of hydrogen-bond acceptors (Lipinski definition) is 4. The van der Waals surface area contributed by atoms with E-state index >= 15 is 0 Å². The zero-order valence-electron chi connectivity index (χ0n) is 7.96. The topological polar surface area (TPSA) is 37.8 Å². The molecule has 1 aliphatic rings. The van der Waals surface area contributed by atoms with Crippen LogP contribution in [0.2, 0.25) is 5.15 Å². The summed E-state index contributed by atoms with van der Waals surface area (Å²) in [4.78, 5) is 8.52. The predicted octanol–water partition coefficient (Wildman–Crippen LogP) is 1.89. The van der Waals surface area contributed by atoms with Crippen LogP contribution in [0.15, 0.2) is 11.2 Å². The van der Waals surface area contributed by atoms with Crippen LogP contribution in [0.1, 0.15) is 12.1 Å². The molecule has 1 N–H and O–H groups in total. The van der Waals surface area contributed by atoms with Crippen molar-refractivity contribution >= 4 is 23.4 Å². The second-order valence-corrected chi connectivity index (χ2v) is 5.00. The first-order chi connectivity index (χ1) is 6.74. The Labute approximate surface area is 92.7 Å². The van der Waals surface area contributed by atoms with Crippen LogP contribution in [-0.4, -0.2) is 28.3 Å². The molecule has 0 aromatic carbocycles. The lowest BCUT2D eigenvalue weighted by molar-refractivity contribution is 0.857. The highest BCUT2D eigenvalue weighted by molar-refractivity contribution is 7.99. The van der Waals surface area contributed by atoms with Gasteiger partial charge in [-0.15, -0.1) is 0 Å². The molecule has 0 aliphatic carbocycles. The molecule has 1 aromatic rings. The van der Waals surface area contributed by atoms with Gasteiger partial charge in [0.05, 0.1) is 0 Å². The standard InChI is InChI=1S/C9H12ClN3S/c1-6-4-8(10)13-9(12-6)14-7-2-3-11-5-7/h4,7,11H,2-3,5H2,1H3. The molecule has 1 unspecified atom stereocenters.